The number of halogens is 1. The number of carbonyl (C=O) groups excluding carboxylic acids is 1. The van der Waals surface area contributed by atoms with Gasteiger partial charge in [-0.2, -0.15) is 0 Å². The van der Waals surface area contributed by atoms with E-state index < -0.39 is 6.10 Å². The van der Waals surface area contributed by atoms with Crippen molar-refractivity contribution >= 4 is 5.91 Å². The number of methoxy groups -OCH3 is 2. The summed E-state index contributed by atoms with van der Waals surface area (Å²) in [5.74, 6) is 0.477. The van der Waals surface area contributed by atoms with Crippen molar-refractivity contribution in [2.45, 2.75) is 12.5 Å². The molecule has 2 aromatic carbocycles. The van der Waals surface area contributed by atoms with Gasteiger partial charge in [0.1, 0.15) is 5.82 Å². The van der Waals surface area contributed by atoms with Crippen LogP contribution in [0.3, 0.4) is 0 Å². The zero-order chi connectivity index (χ0) is 17.5. The lowest BCUT2D eigenvalue weighted by atomic mass is 10.1. The molecule has 128 valence electrons. The smallest absolute Gasteiger partial charge is 0.224 e. The van der Waals surface area contributed by atoms with Crippen molar-refractivity contribution in [2.75, 3.05) is 20.8 Å². The van der Waals surface area contributed by atoms with Gasteiger partial charge >= 0.3 is 0 Å². The molecule has 0 bridgehead atoms. The SMILES string of the molecule is COc1ccc(C(O)CNC(=O)Cc2ccc(F)cc2)cc1OC. The van der Waals surface area contributed by atoms with E-state index in [1.807, 2.05) is 0 Å². The lowest BCUT2D eigenvalue weighted by Gasteiger charge is -2.15. The van der Waals surface area contributed by atoms with E-state index in [4.69, 9.17) is 9.47 Å². The maximum atomic E-state index is 12.8. The molecule has 5 nitrogen and oxygen atoms in total. The van der Waals surface area contributed by atoms with Gasteiger partial charge in [-0.25, -0.2) is 4.39 Å². The van der Waals surface area contributed by atoms with E-state index in [0.717, 1.165) is 0 Å². The third-order valence-electron chi connectivity index (χ3n) is 3.56. The average molecular weight is 333 g/mol. The Bertz CT molecular complexity index is 688. The van der Waals surface area contributed by atoms with Crippen LogP contribution in [0.25, 0.3) is 0 Å². The minimum absolute atomic E-state index is 0.0650. The molecular weight excluding hydrogens is 313 g/mol. The average Bonchev–Trinajstić information content (AvgIpc) is 2.61. The molecule has 0 fully saturated rings. The van der Waals surface area contributed by atoms with Crippen molar-refractivity contribution in [3.63, 3.8) is 0 Å². The lowest BCUT2D eigenvalue weighted by Crippen LogP contribution is -2.29. The van der Waals surface area contributed by atoms with Gasteiger partial charge in [0, 0.05) is 6.54 Å². The van der Waals surface area contributed by atoms with Crippen LogP contribution in [-0.4, -0.2) is 31.8 Å². The molecule has 2 aromatic rings. The predicted octanol–water partition coefficient (Wildman–Crippen LogP) is 2.24. The molecule has 2 N–H and O–H groups in total. The van der Waals surface area contributed by atoms with Crippen LogP contribution in [-0.2, 0) is 11.2 Å². The minimum Gasteiger partial charge on any atom is -0.493 e. The van der Waals surface area contributed by atoms with Crippen molar-refractivity contribution < 1.29 is 23.8 Å². The Labute approximate surface area is 140 Å². The Morgan fingerprint density at radius 2 is 1.79 bits per heavy atom. The van der Waals surface area contributed by atoms with E-state index in [9.17, 15) is 14.3 Å². The number of carbonyl (C=O) groups is 1. The van der Waals surface area contributed by atoms with Crippen molar-refractivity contribution in [3.8, 4) is 11.5 Å². The van der Waals surface area contributed by atoms with E-state index in [-0.39, 0.29) is 24.7 Å². The molecule has 1 unspecified atom stereocenters. The highest BCUT2D eigenvalue weighted by Gasteiger charge is 2.13. The summed E-state index contributed by atoms with van der Waals surface area (Å²) < 4.78 is 23.2. The summed E-state index contributed by atoms with van der Waals surface area (Å²) in [6, 6.07) is 10.8. The first kappa shape index (κ1) is 17.7. The van der Waals surface area contributed by atoms with E-state index >= 15 is 0 Å². The van der Waals surface area contributed by atoms with E-state index in [1.165, 1.54) is 26.4 Å². The van der Waals surface area contributed by atoms with Crippen LogP contribution in [0, 0.1) is 5.82 Å². The molecule has 0 radical (unpaired) electrons. The molecule has 24 heavy (non-hydrogen) atoms. The molecule has 0 saturated heterocycles. The van der Waals surface area contributed by atoms with Gasteiger partial charge < -0.3 is 19.9 Å². The second kappa shape index (κ2) is 8.31. The van der Waals surface area contributed by atoms with Gasteiger partial charge in [0.25, 0.3) is 0 Å². The van der Waals surface area contributed by atoms with Gasteiger partial charge in [-0.15, -0.1) is 0 Å². The molecule has 2 rings (SSSR count). The van der Waals surface area contributed by atoms with Gasteiger partial charge in [0.2, 0.25) is 5.91 Å². The Morgan fingerprint density at radius 1 is 1.12 bits per heavy atom. The standard InChI is InChI=1S/C18H20FNO4/c1-23-16-8-5-13(10-17(16)24-2)15(21)11-20-18(22)9-12-3-6-14(19)7-4-12/h3-8,10,15,21H,9,11H2,1-2H3,(H,20,22). The summed E-state index contributed by atoms with van der Waals surface area (Å²) in [5, 5.41) is 12.9. The third-order valence-corrected chi connectivity index (χ3v) is 3.56. The number of aliphatic hydroxyl groups is 1. The monoisotopic (exact) mass is 333 g/mol. The summed E-state index contributed by atoms with van der Waals surface area (Å²) in [7, 11) is 3.04. The fraction of sp³-hybridized carbons (Fsp3) is 0.278. The molecule has 0 spiro atoms. The first-order valence-electron chi connectivity index (χ1n) is 7.44. The first-order valence-corrected chi connectivity index (χ1v) is 7.44. The fourth-order valence-electron chi connectivity index (χ4n) is 2.24. The summed E-state index contributed by atoms with van der Waals surface area (Å²) >= 11 is 0. The van der Waals surface area contributed by atoms with Crippen molar-refractivity contribution in [2.24, 2.45) is 0 Å². The minimum atomic E-state index is -0.873. The second-order valence-corrected chi connectivity index (χ2v) is 5.24. The number of hydrogen-bond acceptors (Lipinski definition) is 4. The van der Waals surface area contributed by atoms with Gasteiger partial charge in [-0.1, -0.05) is 18.2 Å². The molecule has 0 aliphatic carbocycles. The Morgan fingerprint density at radius 3 is 2.42 bits per heavy atom. The van der Waals surface area contributed by atoms with Crippen LogP contribution in [0.2, 0.25) is 0 Å². The number of aliphatic hydroxyl groups excluding tert-OH is 1. The third kappa shape index (κ3) is 4.70. The van der Waals surface area contributed by atoms with E-state index in [2.05, 4.69) is 5.32 Å². The van der Waals surface area contributed by atoms with E-state index in [0.29, 0.717) is 22.6 Å². The zero-order valence-electron chi connectivity index (χ0n) is 13.6. The Kier molecular flexibility index (Phi) is 6.14. The molecule has 0 saturated carbocycles. The summed E-state index contributed by atoms with van der Waals surface area (Å²) in [6.45, 7) is 0.0650. The fourth-order valence-corrected chi connectivity index (χ4v) is 2.24. The van der Waals surface area contributed by atoms with Crippen LogP contribution in [0.15, 0.2) is 42.5 Å². The Hall–Kier alpha value is -2.60. The quantitative estimate of drug-likeness (QED) is 0.815. The maximum absolute atomic E-state index is 12.8. The Balaban J connectivity index is 1.91. The lowest BCUT2D eigenvalue weighted by molar-refractivity contribution is -0.120. The number of rotatable bonds is 7. The second-order valence-electron chi connectivity index (χ2n) is 5.24. The number of hydrogen-bond donors (Lipinski definition) is 2. The molecule has 6 heteroatoms. The van der Waals surface area contributed by atoms with Gasteiger partial charge in [0.05, 0.1) is 26.7 Å². The number of amides is 1. The summed E-state index contributed by atoms with van der Waals surface area (Å²) in [6.07, 6.45) is -0.749. The zero-order valence-corrected chi connectivity index (χ0v) is 13.6. The summed E-state index contributed by atoms with van der Waals surface area (Å²) in [5.41, 5.74) is 1.31. The molecule has 1 amide bonds. The van der Waals surface area contributed by atoms with Crippen LogP contribution >= 0.6 is 0 Å². The molecule has 0 aromatic heterocycles. The van der Waals surface area contributed by atoms with Crippen LogP contribution in [0.1, 0.15) is 17.2 Å². The molecular formula is C18H20FNO4. The van der Waals surface area contributed by atoms with Gasteiger partial charge in [-0.05, 0) is 35.4 Å². The normalized spacial score (nSPS) is 11.7. The largest absolute Gasteiger partial charge is 0.493 e. The highest BCUT2D eigenvalue weighted by Crippen LogP contribution is 2.29. The van der Waals surface area contributed by atoms with Crippen molar-refractivity contribution in [1.82, 2.24) is 5.32 Å². The molecule has 0 aliphatic rings. The van der Waals surface area contributed by atoms with Crippen LogP contribution in [0.4, 0.5) is 4.39 Å². The van der Waals surface area contributed by atoms with Crippen molar-refractivity contribution in [1.29, 1.82) is 0 Å². The van der Waals surface area contributed by atoms with Crippen LogP contribution in [0.5, 0.6) is 11.5 Å². The number of benzene rings is 2. The topological polar surface area (TPSA) is 67.8 Å². The number of ether oxygens (including phenoxy) is 2. The molecule has 1 atom stereocenters. The first-order chi connectivity index (χ1) is 11.5. The van der Waals surface area contributed by atoms with E-state index in [1.54, 1.807) is 30.3 Å². The maximum Gasteiger partial charge on any atom is 0.224 e. The molecule has 0 heterocycles. The molecule has 0 aliphatic heterocycles. The van der Waals surface area contributed by atoms with Gasteiger partial charge in [0.15, 0.2) is 11.5 Å². The number of nitrogens with one attached hydrogen (secondary N) is 1. The highest BCUT2D eigenvalue weighted by molar-refractivity contribution is 5.78. The van der Waals surface area contributed by atoms with Gasteiger partial charge in [-0.3, -0.25) is 4.79 Å². The van der Waals surface area contributed by atoms with Crippen molar-refractivity contribution in [3.05, 3.63) is 59.4 Å². The predicted molar refractivity (Wildman–Crippen MR) is 87.6 cm³/mol. The highest BCUT2D eigenvalue weighted by atomic mass is 19.1. The van der Waals surface area contributed by atoms with Crippen LogP contribution < -0.4 is 14.8 Å². The summed E-state index contributed by atoms with van der Waals surface area (Å²) in [4.78, 5) is 11.9.